The Balaban J connectivity index is 0.00000289. The zero-order chi connectivity index (χ0) is 12.9. The highest BCUT2D eigenvalue weighted by Gasteiger charge is 2.37. The van der Waals surface area contributed by atoms with Gasteiger partial charge in [-0.3, -0.25) is 4.79 Å². The number of halogens is 1. The highest BCUT2D eigenvalue weighted by atomic mass is 35.5. The summed E-state index contributed by atoms with van der Waals surface area (Å²) in [5, 5.41) is 2.97. The van der Waals surface area contributed by atoms with Crippen molar-refractivity contribution in [1.82, 2.24) is 5.32 Å². The van der Waals surface area contributed by atoms with Crippen LogP contribution < -0.4 is 11.1 Å². The van der Waals surface area contributed by atoms with Gasteiger partial charge in [-0.2, -0.15) is 0 Å². The lowest BCUT2D eigenvalue weighted by Crippen LogP contribution is -2.49. The molecule has 1 amide bonds. The third-order valence-electron chi connectivity index (χ3n) is 3.58. The average Bonchev–Trinajstić information content (AvgIpc) is 2.21. The molecule has 0 aromatic heterocycles. The smallest absolute Gasteiger partial charge is 0.239 e. The summed E-state index contributed by atoms with van der Waals surface area (Å²) in [6.45, 7) is 5.52. The molecule has 0 saturated heterocycles. The first-order chi connectivity index (χ1) is 7.99. The van der Waals surface area contributed by atoms with Crippen molar-refractivity contribution in [3.63, 3.8) is 0 Å². The number of nitrogens with one attached hydrogen (secondary N) is 1. The lowest BCUT2D eigenvalue weighted by Gasteiger charge is -2.43. The molecule has 0 aliphatic heterocycles. The van der Waals surface area contributed by atoms with Crippen LogP contribution in [0.5, 0.6) is 0 Å². The molecular formula is C13H27ClN2O2. The van der Waals surface area contributed by atoms with E-state index in [4.69, 9.17) is 10.5 Å². The minimum Gasteiger partial charge on any atom is -0.383 e. The molecule has 0 radical (unpaired) electrons. The van der Waals surface area contributed by atoms with Crippen molar-refractivity contribution in [3.05, 3.63) is 0 Å². The van der Waals surface area contributed by atoms with Crippen LogP contribution >= 0.6 is 12.4 Å². The van der Waals surface area contributed by atoms with Crippen molar-refractivity contribution in [2.24, 2.45) is 17.1 Å². The van der Waals surface area contributed by atoms with Crippen LogP contribution in [0.4, 0.5) is 0 Å². The molecule has 0 aromatic carbocycles. The lowest BCUT2D eigenvalue weighted by molar-refractivity contribution is -0.124. The Hall–Kier alpha value is -0.320. The zero-order valence-corrected chi connectivity index (χ0v) is 12.5. The Bertz CT molecular complexity index is 255. The van der Waals surface area contributed by atoms with E-state index in [2.05, 4.69) is 19.2 Å². The number of nitrogens with two attached hydrogens (primary N) is 1. The van der Waals surface area contributed by atoms with E-state index in [-0.39, 0.29) is 24.9 Å². The molecule has 0 spiro atoms. The number of methoxy groups -OCH3 is 1. The number of hydrogen-bond donors (Lipinski definition) is 2. The van der Waals surface area contributed by atoms with Gasteiger partial charge < -0.3 is 15.8 Å². The summed E-state index contributed by atoms with van der Waals surface area (Å²) in [7, 11) is 1.55. The van der Waals surface area contributed by atoms with Gasteiger partial charge in [-0.15, -0.1) is 12.4 Å². The molecule has 1 aliphatic rings. The molecule has 3 N–H and O–H groups in total. The van der Waals surface area contributed by atoms with Crippen molar-refractivity contribution in [2.75, 3.05) is 20.3 Å². The van der Waals surface area contributed by atoms with E-state index in [9.17, 15) is 4.79 Å². The lowest BCUT2D eigenvalue weighted by atomic mass is 9.64. The first kappa shape index (κ1) is 17.7. The monoisotopic (exact) mass is 278 g/mol. The Morgan fingerprint density at radius 2 is 2.06 bits per heavy atom. The van der Waals surface area contributed by atoms with Gasteiger partial charge in [0.15, 0.2) is 0 Å². The summed E-state index contributed by atoms with van der Waals surface area (Å²) in [6, 6.07) is -0.545. The quantitative estimate of drug-likeness (QED) is 0.745. The standard InChI is InChI=1S/C13H26N2O2.ClH/c1-10(2)7-13(5-4-6-13)9-15-12(16)11(14)8-17-3;/h10-11H,4-9,14H2,1-3H3,(H,15,16);1H. The summed E-state index contributed by atoms with van der Waals surface area (Å²) in [6.07, 6.45) is 4.93. The van der Waals surface area contributed by atoms with Crippen LogP contribution in [0.2, 0.25) is 0 Å². The third-order valence-corrected chi connectivity index (χ3v) is 3.58. The van der Waals surface area contributed by atoms with Gasteiger partial charge in [-0.05, 0) is 30.6 Å². The molecular weight excluding hydrogens is 252 g/mol. The molecule has 4 nitrogen and oxygen atoms in total. The second kappa shape index (κ2) is 7.97. The first-order valence-electron chi connectivity index (χ1n) is 6.51. The molecule has 18 heavy (non-hydrogen) atoms. The van der Waals surface area contributed by atoms with E-state index in [1.165, 1.54) is 25.7 Å². The molecule has 1 atom stereocenters. The normalized spacial score (nSPS) is 18.7. The van der Waals surface area contributed by atoms with Crippen molar-refractivity contribution < 1.29 is 9.53 Å². The minimum atomic E-state index is -0.545. The Morgan fingerprint density at radius 3 is 2.44 bits per heavy atom. The molecule has 5 heteroatoms. The molecule has 0 bridgehead atoms. The molecule has 0 aromatic rings. The summed E-state index contributed by atoms with van der Waals surface area (Å²) < 4.78 is 4.88. The second-order valence-corrected chi connectivity index (χ2v) is 5.73. The van der Waals surface area contributed by atoms with Crippen molar-refractivity contribution >= 4 is 18.3 Å². The van der Waals surface area contributed by atoms with E-state index >= 15 is 0 Å². The van der Waals surface area contributed by atoms with Crippen molar-refractivity contribution in [2.45, 2.75) is 45.6 Å². The maximum absolute atomic E-state index is 11.7. The number of ether oxygens (including phenoxy) is 1. The van der Waals surface area contributed by atoms with E-state index in [0.29, 0.717) is 11.3 Å². The van der Waals surface area contributed by atoms with Crippen molar-refractivity contribution in [1.29, 1.82) is 0 Å². The summed E-state index contributed by atoms with van der Waals surface area (Å²) >= 11 is 0. The minimum absolute atomic E-state index is 0. The van der Waals surface area contributed by atoms with Crippen LogP contribution in [-0.4, -0.2) is 32.2 Å². The van der Waals surface area contributed by atoms with Crippen molar-refractivity contribution in [3.8, 4) is 0 Å². The number of amides is 1. The fourth-order valence-electron chi connectivity index (χ4n) is 2.66. The highest BCUT2D eigenvalue weighted by Crippen LogP contribution is 2.45. The maximum Gasteiger partial charge on any atom is 0.239 e. The Labute approximate surface area is 116 Å². The van der Waals surface area contributed by atoms with Crippen LogP contribution in [0.3, 0.4) is 0 Å². The van der Waals surface area contributed by atoms with Gasteiger partial charge in [0.2, 0.25) is 5.91 Å². The molecule has 1 saturated carbocycles. The maximum atomic E-state index is 11.7. The largest absolute Gasteiger partial charge is 0.383 e. The molecule has 1 aliphatic carbocycles. The van der Waals surface area contributed by atoms with E-state index in [1.54, 1.807) is 7.11 Å². The predicted octanol–water partition coefficient (Wildman–Crippen LogP) is 1.71. The van der Waals surface area contributed by atoms with E-state index in [0.717, 1.165) is 6.54 Å². The molecule has 1 unspecified atom stereocenters. The third kappa shape index (κ3) is 5.12. The fourth-order valence-corrected chi connectivity index (χ4v) is 2.66. The Morgan fingerprint density at radius 1 is 1.44 bits per heavy atom. The van der Waals surface area contributed by atoms with Gasteiger partial charge in [-0.25, -0.2) is 0 Å². The van der Waals surface area contributed by atoms with E-state index in [1.807, 2.05) is 0 Å². The van der Waals surface area contributed by atoms with Crippen LogP contribution in [0, 0.1) is 11.3 Å². The van der Waals surface area contributed by atoms with Gasteiger partial charge in [0.1, 0.15) is 6.04 Å². The van der Waals surface area contributed by atoms with Gasteiger partial charge in [-0.1, -0.05) is 20.3 Å². The number of carbonyl (C=O) groups excluding carboxylic acids is 1. The van der Waals surface area contributed by atoms with Crippen LogP contribution in [0.25, 0.3) is 0 Å². The molecule has 0 heterocycles. The number of hydrogen-bond acceptors (Lipinski definition) is 3. The average molecular weight is 279 g/mol. The second-order valence-electron chi connectivity index (χ2n) is 5.73. The number of rotatable bonds is 7. The predicted molar refractivity (Wildman–Crippen MR) is 75.8 cm³/mol. The van der Waals surface area contributed by atoms with Crippen LogP contribution in [-0.2, 0) is 9.53 Å². The molecule has 108 valence electrons. The van der Waals surface area contributed by atoms with E-state index < -0.39 is 6.04 Å². The first-order valence-corrected chi connectivity index (χ1v) is 6.51. The van der Waals surface area contributed by atoms with Gasteiger partial charge in [0.05, 0.1) is 6.61 Å². The summed E-state index contributed by atoms with van der Waals surface area (Å²) in [5.74, 6) is 0.585. The fraction of sp³-hybridized carbons (Fsp3) is 0.923. The van der Waals surface area contributed by atoms with Gasteiger partial charge in [0, 0.05) is 13.7 Å². The van der Waals surface area contributed by atoms with Crippen LogP contribution in [0.1, 0.15) is 39.5 Å². The topological polar surface area (TPSA) is 64.3 Å². The number of carbonyl (C=O) groups is 1. The van der Waals surface area contributed by atoms with Gasteiger partial charge in [0.25, 0.3) is 0 Å². The summed E-state index contributed by atoms with van der Waals surface area (Å²) in [4.78, 5) is 11.7. The molecule has 1 fully saturated rings. The SMILES string of the molecule is COCC(N)C(=O)NCC1(CC(C)C)CCC1.Cl. The summed E-state index contributed by atoms with van der Waals surface area (Å²) in [5.41, 5.74) is 6.01. The molecule has 1 rings (SSSR count). The highest BCUT2D eigenvalue weighted by molar-refractivity contribution is 5.85. The van der Waals surface area contributed by atoms with Gasteiger partial charge >= 0.3 is 0 Å². The Kier molecular flexibility index (Phi) is 7.83. The van der Waals surface area contributed by atoms with Crippen LogP contribution in [0.15, 0.2) is 0 Å². The zero-order valence-electron chi connectivity index (χ0n) is 11.7.